The van der Waals surface area contributed by atoms with Crippen molar-refractivity contribution in [2.24, 2.45) is 0 Å². The largest absolute Gasteiger partial charge is 0.397 e. The first kappa shape index (κ1) is 11.6. The lowest BCUT2D eigenvalue weighted by Gasteiger charge is -2.16. The van der Waals surface area contributed by atoms with Gasteiger partial charge in [-0.2, -0.15) is 5.10 Å². The second kappa shape index (κ2) is 4.17. The number of fused-ring (bicyclic) bond motifs is 1. The quantitative estimate of drug-likeness (QED) is 0.606. The van der Waals surface area contributed by atoms with E-state index in [1.165, 1.54) is 0 Å². The van der Waals surface area contributed by atoms with Gasteiger partial charge in [-0.1, -0.05) is 0 Å². The normalized spacial score (nSPS) is 11.9. The summed E-state index contributed by atoms with van der Waals surface area (Å²) < 4.78 is 25.7. The van der Waals surface area contributed by atoms with Gasteiger partial charge in [0.25, 0.3) is 5.92 Å². The van der Waals surface area contributed by atoms with E-state index in [9.17, 15) is 8.78 Å². The summed E-state index contributed by atoms with van der Waals surface area (Å²) in [5, 5.41) is 18.3. The second-order valence-corrected chi connectivity index (χ2v) is 3.76. The number of benzene rings is 1. The first-order chi connectivity index (χ1) is 8.02. The number of aromatic amines is 1. The van der Waals surface area contributed by atoms with Gasteiger partial charge in [-0.15, -0.1) is 0 Å². The van der Waals surface area contributed by atoms with E-state index in [-0.39, 0.29) is 0 Å². The third-order valence-corrected chi connectivity index (χ3v) is 2.38. The number of H-pyrrole nitrogens is 1. The van der Waals surface area contributed by atoms with E-state index in [1.54, 1.807) is 18.3 Å². The number of nitrogens with one attached hydrogen (secondary N) is 2. The van der Waals surface area contributed by atoms with Crippen LogP contribution in [0.1, 0.15) is 0 Å². The molecule has 0 spiro atoms. The maximum absolute atomic E-state index is 12.9. The number of hydrogen-bond acceptors (Lipinski definition) is 4. The van der Waals surface area contributed by atoms with Crippen LogP contribution in [0.4, 0.5) is 20.2 Å². The van der Waals surface area contributed by atoms with Gasteiger partial charge in [0.1, 0.15) is 6.61 Å². The molecule has 5 N–H and O–H groups in total. The summed E-state index contributed by atoms with van der Waals surface area (Å²) in [5.74, 6) is -3.17. The Hall–Kier alpha value is -1.89. The topological polar surface area (TPSA) is 87.0 Å². The molecule has 0 saturated carbocycles. The molecule has 0 fully saturated rings. The van der Waals surface area contributed by atoms with Gasteiger partial charge >= 0.3 is 0 Å². The highest BCUT2D eigenvalue weighted by molar-refractivity contribution is 5.88. The fourth-order valence-electron chi connectivity index (χ4n) is 1.44. The van der Waals surface area contributed by atoms with Gasteiger partial charge in [-0.25, -0.2) is 8.78 Å². The Morgan fingerprint density at radius 1 is 1.47 bits per heavy atom. The van der Waals surface area contributed by atoms with Crippen LogP contribution in [0.15, 0.2) is 18.3 Å². The third-order valence-electron chi connectivity index (χ3n) is 2.38. The maximum Gasteiger partial charge on any atom is 0.287 e. The molecule has 0 aliphatic carbocycles. The van der Waals surface area contributed by atoms with Crippen LogP contribution in [0, 0.1) is 0 Å². The minimum Gasteiger partial charge on any atom is -0.397 e. The second-order valence-electron chi connectivity index (χ2n) is 3.76. The molecule has 2 rings (SSSR count). The molecule has 1 aromatic carbocycles. The standard InChI is InChI=1S/C10H12F2N4O/c11-10(12,5-17)4-14-9-2-8-6(1-7(9)13)3-15-16-8/h1-3,14,17H,4-5,13H2,(H,15,16). The van der Waals surface area contributed by atoms with Gasteiger partial charge in [0.15, 0.2) is 0 Å². The number of nitrogens with two attached hydrogens (primary N) is 1. The zero-order chi connectivity index (χ0) is 12.5. The lowest BCUT2D eigenvalue weighted by atomic mass is 10.2. The zero-order valence-electron chi connectivity index (χ0n) is 8.87. The summed E-state index contributed by atoms with van der Waals surface area (Å²) in [6.45, 7) is -1.88. The van der Waals surface area contributed by atoms with Crippen LogP contribution < -0.4 is 11.1 Å². The Morgan fingerprint density at radius 3 is 2.94 bits per heavy atom. The average Bonchev–Trinajstić information content (AvgIpc) is 2.73. The first-order valence-electron chi connectivity index (χ1n) is 4.97. The highest BCUT2D eigenvalue weighted by Crippen LogP contribution is 2.25. The van der Waals surface area contributed by atoms with E-state index in [4.69, 9.17) is 10.8 Å². The number of aromatic nitrogens is 2. The molecule has 7 heteroatoms. The van der Waals surface area contributed by atoms with Crippen molar-refractivity contribution in [1.29, 1.82) is 0 Å². The Kier molecular flexibility index (Phi) is 2.84. The van der Waals surface area contributed by atoms with Crippen molar-refractivity contribution in [3.8, 4) is 0 Å². The number of aliphatic hydroxyl groups is 1. The van der Waals surface area contributed by atoms with Crippen LogP contribution in [0.3, 0.4) is 0 Å². The predicted molar refractivity (Wildman–Crippen MR) is 61.0 cm³/mol. The maximum atomic E-state index is 12.9. The fraction of sp³-hybridized carbons (Fsp3) is 0.300. The smallest absolute Gasteiger partial charge is 0.287 e. The van der Waals surface area contributed by atoms with E-state index in [0.717, 1.165) is 5.39 Å². The van der Waals surface area contributed by atoms with Gasteiger partial charge < -0.3 is 16.2 Å². The Morgan fingerprint density at radius 2 is 2.24 bits per heavy atom. The molecule has 0 bridgehead atoms. The SMILES string of the molecule is Nc1cc2cn[nH]c2cc1NCC(F)(F)CO. The number of alkyl halides is 2. The van der Waals surface area contributed by atoms with Gasteiger partial charge in [0.05, 0.1) is 29.6 Å². The van der Waals surface area contributed by atoms with Gasteiger partial charge in [-0.05, 0) is 12.1 Å². The molecule has 0 aliphatic rings. The molecule has 2 aromatic rings. The van der Waals surface area contributed by atoms with E-state index < -0.39 is 19.1 Å². The fourth-order valence-corrected chi connectivity index (χ4v) is 1.44. The van der Waals surface area contributed by atoms with Crippen molar-refractivity contribution >= 4 is 22.3 Å². The molecule has 0 amide bonds. The lowest BCUT2D eigenvalue weighted by Crippen LogP contribution is -2.31. The molecule has 5 nitrogen and oxygen atoms in total. The molecular weight excluding hydrogens is 230 g/mol. The molecule has 17 heavy (non-hydrogen) atoms. The zero-order valence-corrected chi connectivity index (χ0v) is 8.87. The monoisotopic (exact) mass is 242 g/mol. The predicted octanol–water partition coefficient (Wildman–Crippen LogP) is 1.18. The number of nitrogens with zero attached hydrogens (tertiary/aromatic N) is 1. The number of anilines is 2. The van der Waals surface area contributed by atoms with Crippen molar-refractivity contribution < 1.29 is 13.9 Å². The molecule has 0 unspecified atom stereocenters. The first-order valence-corrected chi connectivity index (χ1v) is 4.97. The van der Waals surface area contributed by atoms with Crippen LogP contribution in [0.5, 0.6) is 0 Å². The molecular formula is C10H12F2N4O. The Balaban J connectivity index is 2.20. The van der Waals surface area contributed by atoms with Gasteiger partial charge in [-0.3, -0.25) is 5.10 Å². The highest BCUT2D eigenvalue weighted by atomic mass is 19.3. The third kappa shape index (κ3) is 2.44. The van der Waals surface area contributed by atoms with Gasteiger partial charge in [0, 0.05) is 5.39 Å². The molecule has 0 radical (unpaired) electrons. The van der Waals surface area contributed by atoms with Crippen LogP contribution in [0.25, 0.3) is 10.9 Å². The van der Waals surface area contributed by atoms with E-state index >= 15 is 0 Å². The van der Waals surface area contributed by atoms with Crippen molar-refractivity contribution in [1.82, 2.24) is 10.2 Å². The van der Waals surface area contributed by atoms with Crippen LogP contribution in [0.2, 0.25) is 0 Å². The van der Waals surface area contributed by atoms with Crippen molar-refractivity contribution in [2.75, 3.05) is 24.2 Å². The van der Waals surface area contributed by atoms with E-state index in [1.807, 2.05) is 0 Å². The number of hydrogen-bond donors (Lipinski definition) is 4. The minimum absolute atomic E-state index is 0.354. The number of halogens is 2. The summed E-state index contributed by atoms with van der Waals surface area (Å²) in [7, 11) is 0. The van der Waals surface area contributed by atoms with Crippen molar-refractivity contribution in [3.05, 3.63) is 18.3 Å². The van der Waals surface area contributed by atoms with E-state index in [2.05, 4.69) is 15.5 Å². The Bertz CT molecular complexity index is 526. The molecule has 92 valence electrons. The van der Waals surface area contributed by atoms with Crippen LogP contribution >= 0.6 is 0 Å². The Labute approximate surface area is 95.6 Å². The molecule has 1 aromatic heterocycles. The summed E-state index contributed by atoms with van der Waals surface area (Å²) in [5.41, 5.74) is 7.15. The lowest BCUT2D eigenvalue weighted by molar-refractivity contribution is -0.0372. The van der Waals surface area contributed by atoms with Crippen LogP contribution in [-0.4, -0.2) is 34.4 Å². The molecule has 0 saturated heterocycles. The molecule has 0 atom stereocenters. The van der Waals surface area contributed by atoms with Gasteiger partial charge in [0.2, 0.25) is 0 Å². The number of nitrogen functional groups attached to an aromatic ring is 1. The van der Waals surface area contributed by atoms with Crippen LogP contribution in [-0.2, 0) is 0 Å². The highest BCUT2D eigenvalue weighted by Gasteiger charge is 2.27. The summed E-state index contributed by atoms with van der Waals surface area (Å²) in [4.78, 5) is 0. The number of aliphatic hydroxyl groups excluding tert-OH is 1. The summed E-state index contributed by atoms with van der Waals surface area (Å²) in [6, 6.07) is 3.24. The summed E-state index contributed by atoms with van der Waals surface area (Å²) >= 11 is 0. The van der Waals surface area contributed by atoms with Crippen molar-refractivity contribution in [3.63, 3.8) is 0 Å². The molecule has 1 heterocycles. The summed E-state index contributed by atoms with van der Waals surface area (Å²) in [6.07, 6.45) is 1.60. The average molecular weight is 242 g/mol. The minimum atomic E-state index is -3.17. The number of rotatable bonds is 4. The van der Waals surface area contributed by atoms with E-state index in [0.29, 0.717) is 16.9 Å². The molecule has 0 aliphatic heterocycles. The van der Waals surface area contributed by atoms with Crippen molar-refractivity contribution in [2.45, 2.75) is 5.92 Å².